The maximum absolute atomic E-state index is 11.9. The molecule has 0 aliphatic heterocycles. The standard InChI is InChI=1S/C12H13BrN2O/c1-3-14-12(16)10-6-8(13)7-11-9(10)4-5-15(11)2/h4-7H,3H2,1-2H3,(H,14,16). The van der Waals surface area contributed by atoms with E-state index in [0.717, 1.165) is 15.4 Å². The number of rotatable bonds is 2. The lowest BCUT2D eigenvalue weighted by molar-refractivity contribution is 0.0957. The second-order valence-corrected chi connectivity index (χ2v) is 4.59. The van der Waals surface area contributed by atoms with Crippen LogP contribution in [0.1, 0.15) is 17.3 Å². The molecule has 1 aromatic carbocycles. The lowest BCUT2D eigenvalue weighted by Gasteiger charge is -2.05. The minimum absolute atomic E-state index is 0.0278. The second-order valence-electron chi connectivity index (χ2n) is 3.67. The van der Waals surface area contributed by atoms with E-state index >= 15 is 0 Å². The van der Waals surface area contributed by atoms with Crippen LogP contribution < -0.4 is 5.32 Å². The zero-order chi connectivity index (χ0) is 11.7. The minimum atomic E-state index is -0.0278. The molecule has 0 atom stereocenters. The van der Waals surface area contributed by atoms with Crippen LogP contribution in [0, 0.1) is 0 Å². The van der Waals surface area contributed by atoms with Crippen LogP contribution in [0.3, 0.4) is 0 Å². The van der Waals surface area contributed by atoms with Gasteiger partial charge in [0.25, 0.3) is 5.91 Å². The number of carbonyl (C=O) groups excluding carboxylic acids is 1. The fourth-order valence-electron chi connectivity index (χ4n) is 1.78. The summed E-state index contributed by atoms with van der Waals surface area (Å²) in [6.07, 6.45) is 1.96. The fourth-order valence-corrected chi connectivity index (χ4v) is 2.23. The Balaban J connectivity index is 2.64. The Hall–Kier alpha value is -1.29. The van der Waals surface area contributed by atoms with Crippen molar-refractivity contribution in [2.45, 2.75) is 6.92 Å². The molecule has 0 saturated carbocycles. The van der Waals surface area contributed by atoms with Crippen molar-refractivity contribution in [1.82, 2.24) is 9.88 Å². The number of amides is 1. The highest BCUT2D eigenvalue weighted by Gasteiger charge is 2.12. The van der Waals surface area contributed by atoms with Crippen LogP contribution in [0.25, 0.3) is 10.9 Å². The molecule has 1 amide bonds. The Labute approximate surface area is 103 Å². The van der Waals surface area contributed by atoms with Crippen LogP contribution in [-0.4, -0.2) is 17.0 Å². The van der Waals surface area contributed by atoms with Crippen molar-refractivity contribution in [3.05, 3.63) is 34.4 Å². The van der Waals surface area contributed by atoms with Gasteiger partial charge < -0.3 is 9.88 Å². The first-order valence-electron chi connectivity index (χ1n) is 5.16. The maximum Gasteiger partial charge on any atom is 0.251 e. The number of carbonyl (C=O) groups is 1. The van der Waals surface area contributed by atoms with Crippen LogP contribution >= 0.6 is 15.9 Å². The van der Waals surface area contributed by atoms with Crippen LogP contribution in [-0.2, 0) is 7.05 Å². The van der Waals surface area contributed by atoms with Crippen molar-refractivity contribution in [2.75, 3.05) is 6.54 Å². The first kappa shape index (κ1) is 11.2. The number of aryl methyl sites for hydroxylation is 1. The molecule has 4 heteroatoms. The van der Waals surface area contributed by atoms with Crippen molar-refractivity contribution < 1.29 is 4.79 Å². The third-order valence-electron chi connectivity index (χ3n) is 2.55. The average Bonchev–Trinajstić information content (AvgIpc) is 2.60. The second kappa shape index (κ2) is 4.29. The van der Waals surface area contributed by atoms with Gasteiger partial charge in [-0.1, -0.05) is 15.9 Å². The summed E-state index contributed by atoms with van der Waals surface area (Å²) in [5.41, 5.74) is 1.77. The van der Waals surface area contributed by atoms with Crippen LogP contribution in [0.4, 0.5) is 0 Å². The van der Waals surface area contributed by atoms with Gasteiger partial charge >= 0.3 is 0 Å². The highest BCUT2D eigenvalue weighted by molar-refractivity contribution is 9.10. The van der Waals surface area contributed by atoms with Crippen molar-refractivity contribution in [2.24, 2.45) is 7.05 Å². The van der Waals surface area contributed by atoms with E-state index in [1.165, 1.54) is 0 Å². The van der Waals surface area contributed by atoms with Crippen molar-refractivity contribution in [1.29, 1.82) is 0 Å². The summed E-state index contributed by atoms with van der Waals surface area (Å²) in [5, 5.41) is 3.80. The third kappa shape index (κ3) is 1.85. The van der Waals surface area contributed by atoms with Gasteiger partial charge in [0, 0.05) is 40.7 Å². The molecule has 1 aromatic heterocycles. The number of benzene rings is 1. The van der Waals surface area contributed by atoms with Gasteiger partial charge in [-0.25, -0.2) is 0 Å². The zero-order valence-corrected chi connectivity index (χ0v) is 10.8. The third-order valence-corrected chi connectivity index (χ3v) is 3.01. The lowest BCUT2D eigenvalue weighted by atomic mass is 10.1. The molecule has 2 aromatic rings. The van der Waals surface area contributed by atoms with Gasteiger partial charge in [0.15, 0.2) is 0 Å². The molecule has 1 heterocycles. The van der Waals surface area contributed by atoms with Gasteiger partial charge in [-0.05, 0) is 25.1 Å². The molecule has 0 saturated heterocycles. The number of hydrogen-bond acceptors (Lipinski definition) is 1. The topological polar surface area (TPSA) is 34.0 Å². The van der Waals surface area contributed by atoms with E-state index in [1.54, 1.807) is 0 Å². The van der Waals surface area contributed by atoms with Crippen LogP contribution in [0.15, 0.2) is 28.9 Å². The predicted octanol–water partition coefficient (Wildman–Crippen LogP) is 2.69. The van der Waals surface area contributed by atoms with Gasteiger partial charge in [0.05, 0.1) is 0 Å². The van der Waals surface area contributed by atoms with Crippen molar-refractivity contribution in [3.8, 4) is 0 Å². The van der Waals surface area contributed by atoms with Crippen LogP contribution in [0.2, 0.25) is 0 Å². The smallest absolute Gasteiger partial charge is 0.251 e. The Kier molecular flexibility index (Phi) is 3.01. The molecule has 0 radical (unpaired) electrons. The quantitative estimate of drug-likeness (QED) is 0.902. The van der Waals surface area contributed by atoms with E-state index in [1.807, 2.05) is 42.9 Å². The van der Waals surface area contributed by atoms with Gasteiger partial charge in [-0.2, -0.15) is 0 Å². The minimum Gasteiger partial charge on any atom is -0.352 e. The van der Waals surface area contributed by atoms with Gasteiger partial charge in [-0.15, -0.1) is 0 Å². The number of hydrogen-bond donors (Lipinski definition) is 1. The molecule has 84 valence electrons. The predicted molar refractivity (Wildman–Crippen MR) is 68.6 cm³/mol. The molecule has 0 spiro atoms. The number of nitrogens with zero attached hydrogens (tertiary/aromatic N) is 1. The maximum atomic E-state index is 11.9. The number of nitrogens with one attached hydrogen (secondary N) is 1. The Morgan fingerprint density at radius 2 is 2.25 bits per heavy atom. The summed E-state index contributed by atoms with van der Waals surface area (Å²) in [5.74, 6) is -0.0278. The number of fused-ring (bicyclic) bond motifs is 1. The number of halogens is 1. The molecule has 0 unspecified atom stereocenters. The van der Waals surface area contributed by atoms with Gasteiger partial charge in [0.2, 0.25) is 0 Å². The van der Waals surface area contributed by atoms with Gasteiger partial charge in [-0.3, -0.25) is 4.79 Å². The average molecular weight is 281 g/mol. The molecule has 2 rings (SSSR count). The molecular formula is C12H13BrN2O. The first-order chi connectivity index (χ1) is 7.63. The fraction of sp³-hybridized carbons (Fsp3) is 0.250. The summed E-state index contributed by atoms with van der Waals surface area (Å²) in [6.45, 7) is 2.55. The molecule has 0 fully saturated rings. The van der Waals surface area contributed by atoms with Gasteiger partial charge in [0.1, 0.15) is 0 Å². The molecule has 0 bridgehead atoms. The zero-order valence-electron chi connectivity index (χ0n) is 9.25. The van der Waals surface area contributed by atoms with E-state index in [0.29, 0.717) is 12.1 Å². The van der Waals surface area contributed by atoms with E-state index in [4.69, 9.17) is 0 Å². The van der Waals surface area contributed by atoms with Crippen molar-refractivity contribution in [3.63, 3.8) is 0 Å². The number of aromatic nitrogens is 1. The summed E-state index contributed by atoms with van der Waals surface area (Å²) in [6, 6.07) is 5.83. The Morgan fingerprint density at radius 3 is 2.94 bits per heavy atom. The SMILES string of the molecule is CCNC(=O)c1cc(Br)cc2c1ccn2C. The lowest BCUT2D eigenvalue weighted by Crippen LogP contribution is -2.22. The van der Waals surface area contributed by atoms with Crippen molar-refractivity contribution >= 4 is 32.7 Å². The largest absolute Gasteiger partial charge is 0.352 e. The molecule has 1 N–H and O–H groups in total. The van der Waals surface area contributed by atoms with E-state index in [-0.39, 0.29) is 5.91 Å². The summed E-state index contributed by atoms with van der Waals surface area (Å²) >= 11 is 3.43. The Bertz CT molecular complexity index is 545. The monoisotopic (exact) mass is 280 g/mol. The van der Waals surface area contributed by atoms with E-state index in [2.05, 4.69) is 21.2 Å². The summed E-state index contributed by atoms with van der Waals surface area (Å²) < 4.78 is 2.92. The van der Waals surface area contributed by atoms with Crippen LogP contribution in [0.5, 0.6) is 0 Å². The summed E-state index contributed by atoms with van der Waals surface area (Å²) in [4.78, 5) is 11.9. The molecule has 0 aliphatic rings. The molecule has 0 aliphatic carbocycles. The normalized spacial score (nSPS) is 10.7. The highest BCUT2D eigenvalue weighted by Crippen LogP contribution is 2.24. The summed E-state index contributed by atoms with van der Waals surface area (Å²) in [7, 11) is 1.97. The Morgan fingerprint density at radius 1 is 1.50 bits per heavy atom. The molecule has 16 heavy (non-hydrogen) atoms. The molecular weight excluding hydrogens is 268 g/mol. The highest BCUT2D eigenvalue weighted by atomic mass is 79.9. The van der Waals surface area contributed by atoms with E-state index in [9.17, 15) is 4.79 Å². The van der Waals surface area contributed by atoms with E-state index < -0.39 is 0 Å². The first-order valence-corrected chi connectivity index (χ1v) is 5.95. The molecule has 3 nitrogen and oxygen atoms in total.